The van der Waals surface area contributed by atoms with Gasteiger partial charge in [-0.1, -0.05) is 0 Å². The summed E-state index contributed by atoms with van der Waals surface area (Å²) in [4.78, 5) is 4.90. The van der Waals surface area contributed by atoms with Crippen molar-refractivity contribution in [2.24, 2.45) is 5.41 Å². The lowest BCUT2D eigenvalue weighted by atomic mass is 9.82. The van der Waals surface area contributed by atoms with Gasteiger partial charge in [0.25, 0.3) is 0 Å². The smallest absolute Gasteiger partial charge is 0.0556 e. The normalized spacial score (nSPS) is 37.2. The zero-order chi connectivity index (χ0) is 12.3. The number of ether oxygens (including phenoxy) is 1. The van der Waals surface area contributed by atoms with Crippen molar-refractivity contribution in [3.63, 3.8) is 0 Å². The number of hydrogen-bond donors (Lipinski definition) is 1. The van der Waals surface area contributed by atoms with E-state index in [9.17, 15) is 5.11 Å². The molecule has 2 saturated heterocycles. The van der Waals surface area contributed by atoms with E-state index in [1.165, 1.54) is 0 Å². The first-order chi connectivity index (χ1) is 8.15. The third kappa shape index (κ3) is 3.19. The minimum absolute atomic E-state index is 0.0115. The number of nitrogens with zero attached hydrogens (tertiary/aromatic N) is 2. The van der Waals surface area contributed by atoms with Crippen LogP contribution in [0.2, 0.25) is 0 Å². The van der Waals surface area contributed by atoms with Crippen LogP contribution in [0.15, 0.2) is 0 Å². The maximum absolute atomic E-state index is 9.69. The van der Waals surface area contributed by atoms with Gasteiger partial charge in [0.05, 0.1) is 13.2 Å². The van der Waals surface area contributed by atoms with Gasteiger partial charge in [-0.25, -0.2) is 0 Å². The second kappa shape index (κ2) is 5.65. The summed E-state index contributed by atoms with van der Waals surface area (Å²) in [5, 5.41) is 9.69. The van der Waals surface area contributed by atoms with Crippen LogP contribution in [0.4, 0.5) is 0 Å². The van der Waals surface area contributed by atoms with Crippen LogP contribution in [-0.4, -0.2) is 74.0 Å². The largest absolute Gasteiger partial charge is 0.396 e. The Balaban J connectivity index is 1.93. The van der Waals surface area contributed by atoms with Crippen LogP contribution in [0.25, 0.3) is 0 Å². The Morgan fingerprint density at radius 2 is 2.24 bits per heavy atom. The van der Waals surface area contributed by atoms with E-state index in [0.717, 1.165) is 52.2 Å². The van der Waals surface area contributed by atoms with Gasteiger partial charge in [0, 0.05) is 44.2 Å². The molecule has 0 aromatic carbocycles. The summed E-state index contributed by atoms with van der Waals surface area (Å²) in [5.41, 5.74) is -0.0115. The molecular weight excluding hydrogens is 216 g/mol. The Labute approximate surface area is 105 Å². The molecule has 0 saturated carbocycles. The fraction of sp³-hybridized carbons (Fsp3) is 1.00. The Kier molecular flexibility index (Phi) is 4.42. The van der Waals surface area contributed by atoms with Crippen molar-refractivity contribution in [2.45, 2.75) is 25.8 Å². The van der Waals surface area contributed by atoms with E-state index in [2.05, 4.69) is 23.8 Å². The standard InChI is InChI=1S/C13H26N2O2/c1-12-8-14(2)5-6-15(12)9-13(10-16)4-3-7-17-11-13/h12,16H,3-11H2,1-2H3. The fourth-order valence-corrected chi connectivity index (χ4v) is 3.05. The van der Waals surface area contributed by atoms with Crippen LogP contribution >= 0.6 is 0 Å². The molecule has 0 amide bonds. The molecule has 2 heterocycles. The van der Waals surface area contributed by atoms with Crippen LogP contribution in [0.5, 0.6) is 0 Å². The molecule has 2 unspecified atom stereocenters. The Bertz CT molecular complexity index is 242. The van der Waals surface area contributed by atoms with Gasteiger partial charge in [0.15, 0.2) is 0 Å². The van der Waals surface area contributed by atoms with Crippen LogP contribution in [0, 0.1) is 5.41 Å². The molecule has 4 nitrogen and oxygen atoms in total. The number of aliphatic hydroxyl groups excluding tert-OH is 1. The number of hydrogen-bond acceptors (Lipinski definition) is 4. The molecule has 0 aliphatic carbocycles. The van der Waals surface area contributed by atoms with Crippen molar-refractivity contribution in [3.05, 3.63) is 0 Å². The van der Waals surface area contributed by atoms with Crippen molar-refractivity contribution in [2.75, 3.05) is 53.0 Å². The van der Waals surface area contributed by atoms with Gasteiger partial charge >= 0.3 is 0 Å². The molecule has 0 aromatic heterocycles. The second-order valence-corrected chi connectivity index (χ2v) is 5.90. The Morgan fingerprint density at radius 3 is 2.82 bits per heavy atom. The quantitative estimate of drug-likeness (QED) is 0.778. The lowest BCUT2D eigenvalue weighted by Crippen LogP contribution is -2.55. The molecule has 4 heteroatoms. The van der Waals surface area contributed by atoms with Crippen LogP contribution < -0.4 is 0 Å². The molecule has 2 atom stereocenters. The lowest BCUT2D eigenvalue weighted by molar-refractivity contribution is -0.0669. The van der Waals surface area contributed by atoms with Gasteiger partial charge in [-0.3, -0.25) is 4.90 Å². The highest BCUT2D eigenvalue weighted by atomic mass is 16.5. The zero-order valence-corrected chi connectivity index (χ0v) is 11.2. The van der Waals surface area contributed by atoms with Gasteiger partial charge in [0.2, 0.25) is 0 Å². The van der Waals surface area contributed by atoms with Crippen molar-refractivity contribution >= 4 is 0 Å². The van der Waals surface area contributed by atoms with Gasteiger partial charge in [0.1, 0.15) is 0 Å². The van der Waals surface area contributed by atoms with E-state index < -0.39 is 0 Å². The van der Waals surface area contributed by atoms with E-state index in [4.69, 9.17) is 4.74 Å². The average molecular weight is 242 g/mol. The highest BCUT2D eigenvalue weighted by Gasteiger charge is 2.36. The summed E-state index contributed by atoms with van der Waals surface area (Å²) >= 11 is 0. The Morgan fingerprint density at radius 1 is 1.41 bits per heavy atom. The first-order valence-corrected chi connectivity index (χ1v) is 6.76. The summed E-state index contributed by atoms with van der Waals surface area (Å²) < 4.78 is 5.58. The van der Waals surface area contributed by atoms with Crippen LogP contribution in [0.1, 0.15) is 19.8 Å². The van der Waals surface area contributed by atoms with E-state index in [1.807, 2.05) is 0 Å². The molecule has 1 N–H and O–H groups in total. The summed E-state index contributed by atoms with van der Waals surface area (Å²) in [7, 11) is 2.18. The van der Waals surface area contributed by atoms with Crippen molar-refractivity contribution in [1.82, 2.24) is 9.80 Å². The van der Waals surface area contributed by atoms with Gasteiger partial charge in [-0.2, -0.15) is 0 Å². The molecular formula is C13H26N2O2. The second-order valence-electron chi connectivity index (χ2n) is 5.90. The first-order valence-electron chi connectivity index (χ1n) is 6.76. The molecule has 2 fully saturated rings. The minimum Gasteiger partial charge on any atom is -0.396 e. The van der Waals surface area contributed by atoms with E-state index >= 15 is 0 Å². The Hall–Kier alpha value is -0.160. The predicted molar refractivity (Wildman–Crippen MR) is 68.1 cm³/mol. The molecule has 100 valence electrons. The van der Waals surface area contributed by atoms with Gasteiger partial charge < -0.3 is 14.7 Å². The van der Waals surface area contributed by atoms with E-state index in [1.54, 1.807) is 0 Å². The SMILES string of the molecule is CC1CN(C)CCN1CC1(CO)CCCOC1. The summed E-state index contributed by atoms with van der Waals surface area (Å²) in [6.45, 7) is 8.48. The van der Waals surface area contributed by atoms with Crippen LogP contribution in [-0.2, 0) is 4.74 Å². The van der Waals surface area contributed by atoms with Crippen molar-refractivity contribution in [3.8, 4) is 0 Å². The molecule has 0 radical (unpaired) electrons. The summed E-state index contributed by atoms with van der Waals surface area (Å²) in [5.74, 6) is 0. The highest BCUT2D eigenvalue weighted by molar-refractivity contribution is 4.88. The molecule has 2 aliphatic heterocycles. The van der Waals surface area contributed by atoms with E-state index in [0.29, 0.717) is 6.04 Å². The maximum atomic E-state index is 9.69. The van der Waals surface area contributed by atoms with Crippen molar-refractivity contribution in [1.29, 1.82) is 0 Å². The third-order valence-electron chi connectivity index (χ3n) is 4.25. The number of likely N-dealkylation sites (N-methyl/N-ethyl adjacent to an activating group) is 1. The summed E-state index contributed by atoms with van der Waals surface area (Å²) in [6.07, 6.45) is 2.19. The first kappa shape index (κ1) is 13.3. The van der Waals surface area contributed by atoms with E-state index in [-0.39, 0.29) is 12.0 Å². The zero-order valence-electron chi connectivity index (χ0n) is 11.2. The predicted octanol–water partition coefficient (Wildman–Crippen LogP) is 0.411. The molecule has 2 aliphatic rings. The number of aliphatic hydroxyl groups is 1. The number of rotatable bonds is 3. The molecule has 0 bridgehead atoms. The average Bonchev–Trinajstić information content (AvgIpc) is 2.34. The monoisotopic (exact) mass is 242 g/mol. The minimum atomic E-state index is -0.0115. The summed E-state index contributed by atoms with van der Waals surface area (Å²) in [6, 6.07) is 0.583. The van der Waals surface area contributed by atoms with Gasteiger partial charge in [-0.05, 0) is 26.8 Å². The topological polar surface area (TPSA) is 35.9 Å². The molecule has 2 rings (SSSR count). The fourth-order valence-electron chi connectivity index (χ4n) is 3.05. The van der Waals surface area contributed by atoms with Crippen molar-refractivity contribution < 1.29 is 9.84 Å². The molecule has 0 spiro atoms. The number of piperazine rings is 1. The highest BCUT2D eigenvalue weighted by Crippen LogP contribution is 2.30. The lowest BCUT2D eigenvalue weighted by Gasteiger charge is -2.45. The maximum Gasteiger partial charge on any atom is 0.0556 e. The van der Waals surface area contributed by atoms with Crippen LogP contribution in [0.3, 0.4) is 0 Å². The molecule has 0 aromatic rings. The third-order valence-corrected chi connectivity index (χ3v) is 4.25. The van der Waals surface area contributed by atoms with Gasteiger partial charge in [-0.15, -0.1) is 0 Å². The molecule has 17 heavy (non-hydrogen) atoms.